The summed E-state index contributed by atoms with van der Waals surface area (Å²) in [4.78, 5) is 0. The Kier molecular flexibility index (Phi) is 5.68. The van der Waals surface area contributed by atoms with E-state index in [1.54, 1.807) is 6.20 Å². The molecule has 2 aromatic rings. The predicted molar refractivity (Wildman–Crippen MR) is 79.1 cm³/mol. The third-order valence-corrected chi connectivity index (χ3v) is 2.37. The zero-order valence-electron chi connectivity index (χ0n) is 9.84. The molecule has 0 aliphatic rings. The molecule has 0 aliphatic heterocycles. The van der Waals surface area contributed by atoms with Crippen molar-refractivity contribution in [1.29, 1.82) is 5.41 Å². The number of hydrogen-bond acceptors (Lipinski definition) is 1. The lowest BCUT2D eigenvalue weighted by Gasteiger charge is -2.02. The standard InChI is InChI=1S/C15H14N2.ClH/c16-15(14-9-5-2-6-10-14)17-12-11-13-7-3-1-4-8-13;/h1-12H,(H2,16,17);1H. The monoisotopic (exact) mass is 258 g/mol. The van der Waals surface area contributed by atoms with E-state index in [1.165, 1.54) is 0 Å². The van der Waals surface area contributed by atoms with Gasteiger partial charge >= 0.3 is 0 Å². The number of benzene rings is 2. The van der Waals surface area contributed by atoms with E-state index in [2.05, 4.69) is 5.32 Å². The second-order valence-electron chi connectivity index (χ2n) is 3.63. The molecule has 0 amide bonds. The van der Waals surface area contributed by atoms with Crippen LogP contribution in [-0.2, 0) is 0 Å². The van der Waals surface area contributed by atoms with Gasteiger partial charge in [-0.1, -0.05) is 60.7 Å². The van der Waals surface area contributed by atoms with Gasteiger partial charge in [0.2, 0.25) is 0 Å². The summed E-state index contributed by atoms with van der Waals surface area (Å²) < 4.78 is 0. The lowest BCUT2D eigenvalue weighted by atomic mass is 10.2. The highest BCUT2D eigenvalue weighted by molar-refractivity contribution is 5.97. The van der Waals surface area contributed by atoms with Crippen LogP contribution >= 0.6 is 12.4 Å². The summed E-state index contributed by atoms with van der Waals surface area (Å²) in [6.45, 7) is 0. The molecule has 0 heterocycles. The van der Waals surface area contributed by atoms with Crippen LogP contribution in [0.15, 0.2) is 66.9 Å². The molecule has 92 valence electrons. The van der Waals surface area contributed by atoms with Crippen LogP contribution in [0.4, 0.5) is 0 Å². The molecule has 2 rings (SSSR count). The normalized spacial score (nSPS) is 9.78. The average molecular weight is 259 g/mol. The molecule has 2 nitrogen and oxygen atoms in total. The van der Waals surface area contributed by atoms with E-state index in [-0.39, 0.29) is 12.4 Å². The van der Waals surface area contributed by atoms with Gasteiger partial charge in [0.25, 0.3) is 0 Å². The molecule has 0 aliphatic carbocycles. The maximum atomic E-state index is 7.83. The molecular weight excluding hydrogens is 244 g/mol. The van der Waals surface area contributed by atoms with Gasteiger partial charge in [0, 0.05) is 11.8 Å². The summed E-state index contributed by atoms with van der Waals surface area (Å²) in [5, 5.41) is 10.8. The van der Waals surface area contributed by atoms with Crippen molar-refractivity contribution >= 4 is 24.3 Å². The maximum absolute atomic E-state index is 7.83. The number of hydrogen-bond donors (Lipinski definition) is 2. The van der Waals surface area contributed by atoms with Gasteiger partial charge in [-0.05, 0) is 11.6 Å². The Balaban J connectivity index is 0.00000162. The molecule has 2 aromatic carbocycles. The highest BCUT2D eigenvalue weighted by atomic mass is 35.5. The van der Waals surface area contributed by atoms with E-state index in [4.69, 9.17) is 5.41 Å². The molecule has 0 bridgehead atoms. The van der Waals surface area contributed by atoms with E-state index in [0.29, 0.717) is 5.84 Å². The van der Waals surface area contributed by atoms with Crippen LogP contribution in [0.3, 0.4) is 0 Å². The van der Waals surface area contributed by atoms with Crippen LogP contribution in [0.5, 0.6) is 0 Å². The Hall–Kier alpha value is -2.06. The predicted octanol–water partition coefficient (Wildman–Crippen LogP) is 3.69. The molecule has 0 spiro atoms. The molecule has 0 radical (unpaired) electrons. The largest absolute Gasteiger partial charge is 0.347 e. The third-order valence-electron chi connectivity index (χ3n) is 2.37. The van der Waals surface area contributed by atoms with Crippen LogP contribution in [0.1, 0.15) is 11.1 Å². The Bertz CT molecular complexity index is 507. The molecule has 0 aromatic heterocycles. The fraction of sp³-hybridized carbons (Fsp3) is 0. The number of nitrogens with one attached hydrogen (secondary N) is 2. The first-order valence-corrected chi connectivity index (χ1v) is 5.48. The first-order chi connectivity index (χ1) is 8.36. The molecule has 3 heteroatoms. The number of halogens is 1. The van der Waals surface area contributed by atoms with Crippen molar-refractivity contribution in [2.75, 3.05) is 0 Å². The molecule has 2 N–H and O–H groups in total. The molecule has 0 saturated carbocycles. The fourth-order valence-electron chi connectivity index (χ4n) is 1.47. The first kappa shape index (κ1) is 14.0. The zero-order chi connectivity index (χ0) is 11.9. The van der Waals surface area contributed by atoms with Crippen molar-refractivity contribution in [2.45, 2.75) is 0 Å². The van der Waals surface area contributed by atoms with Gasteiger partial charge < -0.3 is 5.32 Å². The van der Waals surface area contributed by atoms with Crippen LogP contribution in [-0.4, -0.2) is 5.84 Å². The van der Waals surface area contributed by atoms with Gasteiger partial charge in [-0.3, -0.25) is 5.41 Å². The summed E-state index contributed by atoms with van der Waals surface area (Å²) in [6, 6.07) is 19.6. The number of rotatable bonds is 3. The molecule has 0 saturated heterocycles. The Morgan fingerprint density at radius 3 is 2.06 bits per heavy atom. The summed E-state index contributed by atoms with van der Waals surface area (Å²) >= 11 is 0. The van der Waals surface area contributed by atoms with Crippen molar-refractivity contribution in [3.63, 3.8) is 0 Å². The summed E-state index contributed by atoms with van der Waals surface area (Å²) in [6.07, 6.45) is 3.72. The topological polar surface area (TPSA) is 35.9 Å². The van der Waals surface area contributed by atoms with Crippen LogP contribution in [0.25, 0.3) is 6.08 Å². The van der Waals surface area contributed by atoms with E-state index in [9.17, 15) is 0 Å². The van der Waals surface area contributed by atoms with Crippen LogP contribution in [0, 0.1) is 5.41 Å². The molecule has 0 unspecified atom stereocenters. The van der Waals surface area contributed by atoms with Crippen molar-refractivity contribution in [1.82, 2.24) is 5.32 Å². The van der Waals surface area contributed by atoms with Gasteiger partial charge in [-0.2, -0.15) is 0 Å². The minimum Gasteiger partial charge on any atom is -0.347 e. The second-order valence-corrected chi connectivity index (χ2v) is 3.63. The minimum atomic E-state index is 0. The lowest BCUT2D eigenvalue weighted by Crippen LogP contribution is -2.16. The van der Waals surface area contributed by atoms with Crippen molar-refractivity contribution < 1.29 is 0 Å². The van der Waals surface area contributed by atoms with Crippen molar-refractivity contribution in [2.24, 2.45) is 0 Å². The molecular formula is C15H15ClN2. The second kappa shape index (κ2) is 7.30. The molecule has 0 atom stereocenters. The Labute approximate surface area is 113 Å². The minimum absolute atomic E-state index is 0. The number of amidine groups is 1. The van der Waals surface area contributed by atoms with Crippen LogP contribution in [0.2, 0.25) is 0 Å². The summed E-state index contributed by atoms with van der Waals surface area (Å²) in [5.74, 6) is 0.401. The van der Waals surface area contributed by atoms with Crippen LogP contribution < -0.4 is 5.32 Å². The van der Waals surface area contributed by atoms with E-state index in [0.717, 1.165) is 11.1 Å². The van der Waals surface area contributed by atoms with E-state index in [1.807, 2.05) is 66.7 Å². The highest BCUT2D eigenvalue weighted by Crippen LogP contribution is 2.01. The molecule has 18 heavy (non-hydrogen) atoms. The van der Waals surface area contributed by atoms with E-state index < -0.39 is 0 Å². The summed E-state index contributed by atoms with van der Waals surface area (Å²) in [7, 11) is 0. The maximum Gasteiger partial charge on any atom is 0.129 e. The summed E-state index contributed by atoms with van der Waals surface area (Å²) in [5.41, 5.74) is 1.99. The van der Waals surface area contributed by atoms with Crippen molar-refractivity contribution in [3.8, 4) is 0 Å². The van der Waals surface area contributed by atoms with Gasteiger partial charge in [-0.15, -0.1) is 12.4 Å². The quantitative estimate of drug-likeness (QED) is 0.639. The smallest absolute Gasteiger partial charge is 0.129 e. The van der Waals surface area contributed by atoms with Crippen molar-refractivity contribution in [3.05, 3.63) is 78.0 Å². The van der Waals surface area contributed by atoms with Gasteiger partial charge in [0.1, 0.15) is 5.84 Å². The Morgan fingerprint density at radius 2 is 1.44 bits per heavy atom. The zero-order valence-corrected chi connectivity index (χ0v) is 10.7. The first-order valence-electron chi connectivity index (χ1n) is 5.48. The molecule has 0 fully saturated rings. The average Bonchev–Trinajstić information content (AvgIpc) is 2.41. The Morgan fingerprint density at radius 1 is 0.889 bits per heavy atom. The van der Waals surface area contributed by atoms with Gasteiger partial charge in [0.05, 0.1) is 0 Å². The lowest BCUT2D eigenvalue weighted by molar-refractivity contribution is 1.23. The van der Waals surface area contributed by atoms with Gasteiger partial charge in [0.15, 0.2) is 0 Å². The highest BCUT2D eigenvalue weighted by Gasteiger charge is 1.95. The third kappa shape index (κ3) is 4.07. The van der Waals surface area contributed by atoms with Gasteiger partial charge in [-0.25, -0.2) is 0 Å². The SMILES string of the molecule is Cl.N=C(NC=Cc1ccccc1)c1ccccc1. The van der Waals surface area contributed by atoms with E-state index >= 15 is 0 Å². The fourth-order valence-corrected chi connectivity index (χ4v) is 1.47.